The Hall–Kier alpha value is -2.03. The third-order valence-electron chi connectivity index (χ3n) is 13.9. The Balaban J connectivity index is 1.37. The van der Waals surface area contributed by atoms with E-state index in [1.807, 2.05) is 0 Å². The van der Waals surface area contributed by atoms with Gasteiger partial charge in [0.2, 0.25) is 0 Å². The van der Waals surface area contributed by atoms with Crippen molar-refractivity contribution in [2.75, 3.05) is 11.9 Å². The number of esters is 1. The van der Waals surface area contributed by atoms with Crippen molar-refractivity contribution in [3.63, 3.8) is 0 Å². The molecule has 0 amide bonds. The molecular formula is C33H53N5O4. The Morgan fingerprint density at radius 1 is 0.976 bits per heavy atom. The summed E-state index contributed by atoms with van der Waals surface area (Å²) >= 11 is 0. The molecule has 42 heavy (non-hydrogen) atoms. The smallest absolute Gasteiger partial charge is 0.325 e. The molecule has 4 saturated carbocycles. The Bertz CT molecular complexity index is 1220. The normalized spacial score (nSPS) is 45.8. The van der Waals surface area contributed by atoms with Crippen LogP contribution in [-0.2, 0) is 19.1 Å². The van der Waals surface area contributed by atoms with Crippen LogP contribution in [0.25, 0.3) is 0 Å². The van der Waals surface area contributed by atoms with Gasteiger partial charge in [-0.15, -0.1) is 5.10 Å². The van der Waals surface area contributed by atoms with Crippen LogP contribution in [-0.4, -0.2) is 56.2 Å². The minimum absolute atomic E-state index is 0.000165. The fourth-order valence-electron chi connectivity index (χ4n) is 11.8. The van der Waals surface area contributed by atoms with Gasteiger partial charge in [-0.1, -0.05) is 39.7 Å². The third kappa shape index (κ3) is 4.37. The van der Waals surface area contributed by atoms with Crippen LogP contribution in [0.4, 0.5) is 5.95 Å². The van der Waals surface area contributed by atoms with E-state index in [0.717, 1.165) is 57.8 Å². The minimum Gasteiger partial charge on any atom is -0.461 e. The van der Waals surface area contributed by atoms with E-state index < -0.39 is 0 Å². The Kier molecular flexibility index (Phi) is 6.96. The fourth-order valence-corrected chi connectivity index (χ4v) is 11.8. The standard InChI is InChI=1S/C33H53N5O4/c1-28(2)13-9-14-33(8,42-28)20-10-16-32(7)26(20)21(41-25(40)19-34-27-35-37-38-36-27)18-23-30(5)15-12-24(39)29(3,4)22(30)11-17-31(23,32)6/h20-23,26H,9-19H2,1-8H3,(H2,34,35,36,37,38)/t20-,21+,22-,23+,26-,30-,31+,32+,33+/m0/s1. The molecule has 1 aliphatic heterocycles. The number of ether oxygens (including phenoxy) is 2. The number of nitrogens with zero attached hydrogens (tertiary/aromatic N) is 3. The van der Waals surface area contributed by atoms with Crippen molar-refractivity contribution < 1.29 is 19.1 Å². The van der Waals surface area contributed by atoms with Crippen LogP contribution < -0.4 is 5.32 Å². The van der Waals surface area contributed by atoms with E-state index in [1.165, 1.54) is 0 Å². The molecule has 5 aliphatic rings. The number of tetrazole rings is 1. The lowest BCUT2D eigenvalue weighted by molar-refractivity contribution is -0.252. The highest BCUT2D eigenvalue weighted by molar-refractivity contribution is 5.85. The summed E-state index contributed by atoms with van der Waals surface area (Å²) < 4.78 is 13.6. The molecule has 9 atom stereocenters. The molecule has 1 saturated heterocycles. The van der Waals surface area contributed by atoms with Crippen LogP contribution in [0.15, 0.2) is 0 Å². The molecular weight excluding hydrogens is 530 g/mol. The zero-order valence-corrected chi connectivity index (χ0v) is 27.1. The minimum atomic E-state index is -0.319. The maximum Gasteiger partial charge on any atom is 0.325 e. The van der Waals surface area contributed by atoms with Crippen molar-refractivity contribution in [2.24, 2.45) is 45.3 Å². The highest BCUT2D eigenvalue weighted by Crippen LogP contribution is 2.76. The Morgan fingerprint density at radius 3 is 2.40 bits per heavy atom. The van der Waals surface area contributed by atoms with Crippen molar-refractivity contribution >= 4 is 17.7 Å². The van der Waals surface area contributed by atoms with Gasteiger partial charge in [0.25, 0.3) is 5.95 Å². The number of fused-ring (bicyclic) bond motifs is 5. The first kappa shape index (κ1) is 30.0. The number of Topliss-reactive ketones (excluding diaryl/α,β-unsaturated/α-hetero) is 1. The second-order valence-electron chi connectivity index (χ2n) is 16.7. The van der Waals surface area contributed by atoms with Gasteiger partial charge >= 0.3 is 5.97 Å². The fraction of sp³-hybridized carbons (Fsp3) is 0.909. The first-order chi connectivity index (χ1) is 19.6. The molecule has 0 aromatic carbocycles. The van der Waals surface area contributed by atoms with Gasteiger partial charge in [-0.05, 0) is 118 Å². The number of hydrogen-bond donors (Lipinski definition) is 2. The lowest BCUT2D eigenvalue weighted by Gasteiger charge is -2.70. The van der Waals surface area contributed by atoms with Gasteiger partial charge in [0, 0.05) is 17.8 Å². The molecule has 1 aromatic rings. The van der Waals surface area contributed by atoms with E-state index in [9.17, 15) is 9.59 Å². The van der Waals surface area contributed by atoms with Gasteiger partial charge < -0.3 is 14.8 Å². The van der Waals surface area contributed by atoms with E-state index in [-0.39, 0.29) is 63.3 Å². The number of ketones is 1. The summed E-state index contributed by atoms with van der Waals surface area (Å²) in [5.74, 6) is 1.66. The summed E-state index contributed by atoms with van der Waals surface area (Å²) in [7, 11) is 0. The average Bonchev–Trinajstić information content (AvgIpc) is 3.55. The molecule has 0 unspecified atom stereocenters. The zero-order valence-electron chi connectivity index (χ0n) is 27.1. The van der Waals surface area contributed by atoms with Gasteiger partial charge in [-0.2, -0.15) is 5.21 Å². The highest BCUT2D eigenvalue weighted by Gasteiger charge is 2.72. The topological polar surface area (TPSA) is 119 Å². The maximum absolute atomic E-state index is 13.5. The van der Waals surface area contributed by atoms with Crippen molar-refractivity contribution in [3.8, 4) is 0 Å². The van der Waals surface area contributed by atoms with Crippen LogP contribution in [0.3, 0.4) is 0 Å². The van der Waals surface area contributed by atoms with Crippen LogP contribution in [0.2, 0.25) is 0 Å². The van der Waals surface area contributed by atoms with Crippen LogP contribution in [0.1, 0.15) is 120 Å². The van der Waals surface area contributed by atoms with Crippen molar-refractivity contribution in [1.29, 1.82) is 0 Å². The summed E-state index contributed by atoms with van der Waals surface area (Å²) in [5.41, 5.74) is -0.599. The van der Waals surface area contributed by atoms with Gasteiger partial charge in [0.15, 0.2) is 0 Å². The van der Waals surface area contributed by atoms with Crippen LogP contribution >= 0.6 is 0 Å². The molecule has 2 heterocycles. The predicted octanol–water partition coefficient (Wildman–Crippen LogP) is 6.13. The van der Waals surface area contributed by atoms with Gasteiger partial charge in [0.05, 0.1) is 11.2 Å². The molecule has 1 aromatic heterocycles. The van der Waals surface area contributed by atoms with Crippen molar-refractivity contribution in [3.05, 3.63) is 0 Å². The predicted molar refractivity (Wildman–Crippen MR) is 159 cm³/mol. The van der Waals surface area contributed by atoms with E-state index in [4.69, 9.17) is 9.47 Å². The lowest BCUT2D eigenvalue weighted by Crippen LogP contribution is -2.67. The van der Waals surface area contributed by atoms with Gasteiger partial charge in [-0.25, -0.2) is 0 Å². The van der Waals surface area contributed by atoms with E-state index >= 15 is 0 Å². The number of aromatic nitrogens is 4. The molecule has 0 bridgehead atoms. The molecule has 6 rings (SSSR count). The molecule has 5 fully saturated rings. The van der Waals surface area contributed by atoms with Gasteiger partial charge in [0.1, 0.15) is 18.4 Å². The molecule has 0 spiro atoms. The maximum atomic E-state index is 13.5. The summed E-state index contributed by atoms with van der Waals surface area (Å²) in [5, 5.41) is 16.8. The third-order valence-corrected chi connectivity index (χ3v) is 13.9. The molecule has 0 radical (unpaired) electrons. The summed E-state index contributed by atoms with van der Waals surface area (Å²) in [4.78, 5) is 26.6. The largest absolute Gasteiger partial charge is 0.461 e. The van der Waals surface area contributed by atoms with Crippen molar-refractivity contribution in [1.82, 2.24) is 20.6 Å². The van der Waals surface area contributed by atoms with E-state index in [0.29, 0.717) is 30.0 Å². The zero-order chi connectivity index (χ0) is 30.3. The number of carbonyl (C=O) groups is 2. The number of rotatable bonds is 5. The van der Waals surface area contributed by atoms with E-state index in [2.05, 4.69) is 81.3 Å². The number of carbonyl (C=O) groups excluding carboxylic acids is 2. The summed E-state index contributed by atoms with van der Waals surface area (Å²) in [6.45, 7) is 18.7. The Labute approximate surface area is 251 Å². The van der Waals surface area contributed by atoms with Crippen LogP contribution in [0, 0.1) is 45.3 Å². The summed E-state index contributed by atoms with van der Waals surface area (Å²) in [6, 6.07) is 0. The number of nitrogens with one attached hydrogen (secondary N) is 2. The average molecular weight is 584 g/mol. The number of hydrogen-bond acceptors (Lipinski definition) is 8. The quantitative estimate of drug-likeness (QED) is 0.398. The number of anilines is 1. The number of H-pyrrole nitrogens is 1. The second kappa shape index (κ2) is 9.73. The van der Waals surface area contributed by atoms with Crippen LogP contribution in [0.5, 0.6) is 0 Å². The molecule has 9 heteroatoms. The Morgan fingerprint density at radius 2 is 1.71 bits per heavy atom. The van der Waals surface area contributed by atoms with E-state index in [1.54, 1.807) is 0 Å². The van der Waals surface area contributed by atoms with Crippen molar-refractivity contribution in [2.45, 2.75) is 137 Å². The molecule has 2 N–H and O–H groups in total. The first-order valence-electron chi connectivity index (χ1n) is 16.5. The molecule has 9 nitrogen and oxygen atoms in total. The second-order valence-corrected chi connectivity index (χ2v) is 16.7. The lowest BCUT2D eigenvalue weighted by atomic mass is 9.35. The monoisotopic (exact) mass is 583 g/mol. The highest BCUT2D eigenvalue weighted by atomic mass is 16.5. The summed E-state index contributed by atoms with van der Waals surface area (Å²) in [6.07, 6.45) is 9.92. The number of aromatic amines is 1. The SMILES string of the molecule is CC1(C)CCC[C@](C)([C@H]2CC[C@]3(C)[C@@H]2[C@H](OC(=O)CNc2nn[nH]n2)C[C@@H]2[C@@]4(C)CCC(=O)C(C)(C)[C@@H]4CC[C@]23C)O1. The molecule has 4 aliphatic carbocycles. The van der Waals surface area contributed by atoms with Gasteiger partial charge in [-0.3, -0.25) is 9.59 Å². The molecule has 234 valence electrons. The first-order valence-corrected chi connectivity index (χ1v) is 16.5.